The van der Waals surface area contributed by atoms with Crippen molar-refractivity contribution in [2.24, 2.45) is 5.73 Å². The minimum absolute atomic E-state index is 0.102. The van der Waals surface area contributed by atoms with Crippen LogP contribution in [0, 0.1) is 0 Å². The second-order valence-corrected chi connectivity index (χ2v) is 6.94. The lowest BCUT2D eigenvalue weighted by molar-refractivity contribution is 0.297. The lowest BCUT2D eigenvalue weighted by atomic mass is 9.74. The predicted molar refractivity (Wildman–Crippen MR) is 74.5 cm³/mol. The Morgan fingerprint density at radius 3 is 2.68 bits per heavy atom. The Bertz CT molecular complexity index is 591. The van der Waals surface area contributed by atoms with Crippen molar-refractivity contribution < 1.29 is 0 Å². The highest BCUT2D eigenvalue weighted by atomic mass is 32.1. The molecule has 2 aliphatic carbocycles. The van der Waals surface area contributed by atoms with E-state index in [1.807, 2.05) is 4.52 Å². The molecular formula is C13H19N5S. The van der Waals surface area contributed by atoms with Crippen molar-refractivity contribution in [2.75, 3.05) is 6.54 Å². The molecule has 0 unspecified atom stereocenters. The number of nitrogens with two attached hydrogens (primary N) is 1. The van der Waals surface area contributed by atoms with Crippen LogP contribution in [0.25, 0.3) is 4.96 Å². The maximum absolute atomic E-state index is 6.09. The van der Waals surface area contributed by atoms with E-state index in [0.29, 0.717) is 12.5 Å². The monoisotopic (exact) mass is 277 g/mol. The second-order valence-electron chi connectivity index (χ2n) is 5.98. The fourth-order valence-corrected chi connectivity index (χ4v) is 4.28. The molecule has 5 nitrogen and oxygen atoms in total. The highest BCUT2D eigenvalue weighted by Crippen LogP contribution is 2.42. The summed E-state index contributed by atoms with van der Waals surface area (Å²) >= 11 is 1.69. The largest absolute Gasteiger partial charge is 0.329 e. The smallest absolute Gasteiger partial charge is 0.234 e. The first-order valence-electron chi connectivity index (χ1n) is 7.25. The van der Waals surface area contributed by atoms with E-state index in [4.69, 9.17) is 10.8 Å². The summed E-state index contributed by atoms with van der Waals surface area (Å²) in [5.41, 5.74) is 6.19. The molecule has 0 spiro atoms. The summed E-state index contributed by atoms with van der Waals surface area (Å²) in [6.07, 6.45) is 8.68. The number of nitrogens with zero attached hydrogens (tertiary/aromatic N) is 4. The van der Waals surface area contributed by atoms with E-state index < -0.39 is 0 Å². The third-order valence-corrected chi connectivity index (χ3v) is 5.76. The standard InChI is InChI=1S/C13H19N5S/c14-8-13(6-2-1-3-7-13)11-17-18-10(9-4-5-9)15-16-12(18)19-11/h9H,1-8,14H2. The average Bonchev–Trinajstić information content (AvgIpc) is 3.07. The Labute approximate surface area is 116 Å². The van der Waals surface area contributed by atoms with Crippen LogP contribution >= 0.6 is 11.3 Å². The van der Waals surface area contributed by atoms with Gasteiger partial charge in [-0.15, -0.1) is 10.2 Å². The lowest BCUT2D eigenvalue weighted by Crippen LogP contribution is -2.37. The molecule has 0 atom stereocenters. The molecule has 0 amide bonds. The van der Waals surface area contributed by atoms with Crippen molar-refractivity contribution in [1.82, 2.24) is 19.8 Å². The fraction of sp³-hybridized carbons (Fsp3) is 0.769. The first-order valence-corrected chi connectivity index (χ1v) is 8.07. The van der Waals surface area contributed by atoms with Gasteiger partial charge in [-0.1, -0.05) is 30.6 Å². The minimum Gasteiger partial charge on any atom is -0.329 e. The maximum Gasteiger partial charge on any atom is 0.234 e. The summed E-state index contributed by atoms with van der Waals surface area (Å²) in [5.74, 6) is 1.64. The molecular weight excluding hydrogens is 258 g/mol. The molecule has 2 aliphatic rings. The van der Waals surface area contributed by atoms with Gasteiger partial charge in [0.25, 0.3) is 0 Å². The summed E-state index contributed by atoms with van der Waals surface area (Å²) in [4.78, 5) is 0.940. The van der Waals surface area contributed by atoms with Crippen LogP contribution in [0.15, 0.2) is 0 Å². The van der Waals surface area contributed by atoms with Crippen molar-refractivity contribution in [3.8, 4) is 0 Å². The minimum atomic E-state index is 0.102. The van der Waals surface area contributed by atoms with E-state index in [0.717, 1.165) is 10.8 Å². The van der Waals surface area contributed by atoms with Gasteiger partial charge in [-0.05, 0) is 25.7 Å². The van der Waals surface area contributed by atoms with Gasteiger partial charge in [-0.2, -0.15) is 9.61 Å². The van der Waals surface area contributed by atoms with Gasteiger partial charge < -0.3 is 5.73 Å². The molecule has 2 N–H and O–H groups in total. The summed E-state index contributed by atoms with van der Waals surface area (Å²) in [6.45, 7) is 0.704. The third kappa shape index (κ3) is 1.80. The molecule has 0 bridgehead atoms. The van der Waals surface area contributed by atoms with Gasteiger partial charge in [-0.3, -0.25) is 0 Å². The number of aromatic nitrogens is 4. The van der Waals surface area contributed by atoms with Gasteiger partial charge in [-0.25, -0.2) is 0 Å². The quantitative estimate of drug-likeness (QED) is 0.934. The van der Waals surface area contributed by atoms with E-state index in [9.17, 15) is 0 Å². The number of fused-ring (bicyclic) bond motifs is 1. The molecule has 0 aromatic carbocycles. The molecule has 0 radical (unpaired) electrons. The highest BCUT2D eigenvalue weighted by Gasteiger charge is 2.37. The first-order chi connectivity index (χ1) is 9.32. The Balaban J connectivity index is 1.77. The van der Waals surface area contributed by atoms with Crippen molar-refractivity contribution in [2.45, 2.75) is 56.3 Å². The molecule has 4 rings (SSSR count). The van der Waals surface area contributed by atoms with E-state index in [1.54, 1.807) is 11.3 Å². The Kier molecular flexibility index (Phi) is 2.63. The Hall–Kier alpha value is -1.01. The average molecular weight is 277 g/mol. The zero-order valence-corrected chi connectivity index (χ0v) is 11.8. The molecule has 102 valence electrons. The molecule has 2 heterocycles. The zero-order valence-electron chi connectivity index (χ0n) is 11.0. The van der Waals surface area contributed by atoms with Crippen molar-refractivity contribution in [1.29, 1.82) is 0 Å². The third-order valence-electron chi connectivity index (χ3n) is 4.61. The first kappa shape index (κ1) is 11.8. The van der Waals surface area contributed by atoms with Gasteiger partial charge in [0.05, 0.1) is 0 Å². The molecule has 2 saturated carbocycles. The topological polar surface area (TPSA) is 69.1 Å². The summed E-state index contributed by atoms with van der Waals surface area (Å²) < 4.78 is 1.98. The van der Waals surface area contributed by atoms with Crippen molar-refractivity contribution in [3.05, 3.63) is 10.8 Å². The van der Waals surface area contributed by atoms with Crippen LogP contribution in [0.2, 0.25) is 0 Å². The van der Waals surface area contributed by atoms with E-state index in [-0.39, 0.29) is 5.41 Å². The lowest BCUT2D eigenvalue weighted by Gasteiger charge is -2.33. The SMILES string of the molecule is NCC1(c2nn3c(C4CC4)nnc3s2)CCCCC1. The number of hydrogen-bond donors (Lipinski definition) is 1. The molecule has 0 aliphatic heterocycles. The Morgan fingerprint density at radius 1 is 1.21 bits per heavy atom. The summed E-state index contributed by atoms with van der Waals surface area (Å²) in [6, 6.07) is 0. The predicted octanol–water partition coefficient (Wildman–Crippen LogP) is 2.22. The molecule has 6 heteroatoms. The highest BCUT2D eigenvalue weighted by molar-refractivity contribution is 7.16. The van der Waals surface area contributed by atoms with Crippen LogP contribution in [-0.2, 0) is 5.41 Å². The van der Waals surface area contributed by atoms with Gasteiger partial charge in [0.15, 0.2) is 5.82 Å². The fourth-order valence-electron chi connectivity index (χ4n) is 3.18. The number of hydrogen-bond acceptors (Lipinski definition) is 5. The molecule has 19 heavy (non-hydrogen) atoms. The van der Waals surface area contributed by atoms with Crippen LogP contribution in [0.3, 0.4) is 0 Å². The van der Waals surface area contributed by atoms with Gasteiger partial charge in [0, 0.05) is 17.9 Å². The van der Waals surface area contributed by atoms with Gasteiger partial charge in [0.2, 0.25) is 4.96 Å². The van der Waals surface area contributed by atoms with Gasteiger partial charge in [0.1, 0.15) is 5.01 Å². The van der Waals surface area contributed by atoms with E-state index in [2.05, 4.69) is 10.2 Å². The van der Waals surface area contributed by atoms with Crippen LogP contribution < -0.4 is 5.73 Å². The van der Waals surface area contributed by atoms with Crippen molar-refractivity contribution in [3.63, 3.8) is 0 Å². The summed E-state index contributed by atoms with van der Waals surface area (Å²) in [5, 5.41) is 14.6. The van der Waals surface area contributed by atoms with E-state index >= 15 is 0 Å². The van der Waals surface area contributed by atoms with Crippen LogP contribution in [0.1, 0.15) is 61.7 Å². The van der Waals surface area contributed by atoms with Crippen LogP contribution in [0.5, 0.6) is 0 Å². The van der Waals surface area contributed by atoms with Crippen LogP contribution in [0.4, 0.5) is 0 Å². The Morgan fingerprint density at radius 2 is 2.00 bits per heavy atom. The number of rotatable bonds is 3. The molecule has 2 aromatic rings. The normalized spacial score (nSPS) is 23.0. The summed E-state index contributed by atoms with van der Waals surface area (Å²) in [7, 11) is 0. The second kappa shape index (κ2) is 4.24. The van der Waals surface area contributed by atoms with Gasteiger partial charge >= 0.3 is 0 Å². The van der Waals surface area contributed by atoms with Crippen LogP contribution in [-0.4, -0.2) is 26.4 Å². The maximum atomic E-state index is 6.09. The zero-order chi connectivity index (χ0) is 12.9. The molecule has 2 fully saturated rings. The van der Waals surface area contributed by atoms with Crippen molar-refractivity contribution >= 4 is 16.3 Å². The van der Waals surface area contributed by atoms with E-state index in [1.165, 1.54) is 50.0 Å². The molecule has 2 aromatic heterocycles. The molecule has 0 saturated heterocycles.